The fourth-order valence-electron chi connectivity index (χ4n) is 3.35. The zero-order chi connectivity index (χ0) is 16.4. The minimum Gasteiger partial charge on any atom is -0.393 e. The molecule has 0 aromatic carbocycles. The van der Waals surface area contributed by atoms with Crippen LogP contribution in [0, 0.1) is 5.92 Å². The molecule has 5 nitrogen and oxygen atoms in total. The minimum atomic E-state index is -0.205. The van der Waals surface area contributed by atoms with Gasteiger partial charge in [0.2, 0.25) is 0 Å². The molecular weight excluding hydrogens is 314 g/mol. The van der Waals surface area contributed by atoms with Crippen molar-refractivity contribution in [3.8, 4) is 0 Å². The van der Waals surface area contributed by atoms with Gasteiger partial charge in [-0.2, -0.15) is 0 Å². The summed E-state index contributed by atoms with van der Waals surface area (Å²) in [6, 6.07) is 5.03. The number of aliphatic hydroxyl groups excluding tert-OH is 1. The molecule has 0 saturated heterocycles. The third kappa shape index (κ3) is 3.91. The third-order valence-corrected chi connectivity index (χ3v) is 4.75. The summed E-state index contributed by atoms with van der Waals surface area (Å²) in [7, 11) is 2.01. The fourth-order valence-corrected chi connectivity index (χ4v) is 3.51. The number of hydrogen-bond donors (Lipinski definition) is 1. The van der Waals surface area contributed by atoms with Crippen LogP contribution in [-0.2, 0) is 6.54 Å². The van der Waals surface area contributed by atoms with E-state index in [1.54, 1.807) is 24.4 Å². The SMILES string of the molecule is CN(Cc1cc(=O)n2cc(Cl)ccc2n1)CC1CCCCC1O. The summed E-state index contributed by atoms with van der Waals surface area (Å²) in [5, 5.41) is 10.6. The van der Waals surface area contributed by atoms with Crippen LogP contribution < -0.4 is 5.56 Å². The Bertz CT molecular complexity index is 746. The molecule has 2 unspecified atom stereocenters. The van der Waals surface area contributed by atoms with E-state index < -0.39 is 0 Å². The van der Waals surface area contributed by atoms with Crippen LogP contribution in [0.5, 0.6) is 0 Å². The van der Waals surface area contributed by atoms with Gasteiger partial charge in [-0.3, -0.25) is 9.20 Å². The summed E-state index contributed by atoms with van der Waals surface area (Å²) in [4.78, 5) is 18.8. The molecular formula is C17H22ClN3O2. The Morgan fingerprint density at radius 3 is 2.96 bits per heavy atom. The van der Waals surface area contributed by atoms with Crippen molar-refractivity contribution in [3.63, 3.8) is 0 Å². The van der Waals surface area contributed by atoms with Gasteiger partial charge in [0.1, 0.15) is 5.65 Å². The van der Waals surface area contributed by atoms with Gasteiger partial charge in [0, 0.05) is 25.4 Å². The van der Waals surface area contributed by atoms with Crippen molar-refractivity contribution in [2.45, 2.75) is 38.3 Å². The number of nitrogens with zero attached hydrogens (tertiary/aromatic N) is 3. The van der Waals surface area contributed by atoms with Gasteiger partial charge in [-0.05, 0) is 37.9 Å². The first kappa shape index (κ1) is 16.4. The second kappa shape index (κ2) is 6.99. The molecule has 2 aromatic rings. The molecule has 23 heavy (non-hydrogen) atoms. The van der Waals surface area contributed by atoms with Crippen LogP contribution in [0.1, 0.15) is 31.4 Å². The van der Waals surface area contributed by atoms with Gasteiger partial charge in [-0.1, -0.05) is 24.4 Å². The van der Waals surface area contributed by atoms with Crippen LogP contribution in [0.3, 0.4) is 0 Å². The number of halogens is 1. The van der Waals surface area contributed by atoms with Crippen molar-refractivity contribution in [1.29, 1.82) is 0 Å². The summed E-state index contributed by atoms with van der Waals surface area (Å²) >= 11 is 5.92. The van der Waals surface area contributed by atoms with Gasteiger partial charge in [-0.25, -0.2) is 4.98 Å². The van der Waals surface area contributed by atoms with Crippen molar-refractivity contribution in [2.24, 2.45) is 5.92 Å². The number of aromatic nitrogens is 2. The van der Waals surface area contributed by atoms with E-state index in [1.807, 2.05) is 7.05 Å². The topological polar surface area (TPSA) is 57.8 Å². The third-order valence-electron chi connectivity index (χ3n) is 4.52. The zero-order valence-electron chi connectivity index (χ0n) is 13.3. The predicted octanol–water partition coefficient (Wildman–Crippen LogP) is 2.33. The van der Waals surface area contributed by atoms with Crippen molar-refractivity contribution in [3.05, 3.63) is 45.5 Å². The summed E-state index contributed by atoms with van der Waals surface area (Å²) in [5.41, 5.74) is 1.21. The minimum absolute atomic E-state index is 0.126. The molecule has 2 aromatic heterocycles. The van der Waals surface area contributed by atoms with Crippen LogP contribution in [0.4, 0.5) is 0 Å². The Hall–Kier alpha value is -1.43. The zero-order valence-corrected chi connectivity index (χ0v) is 14.0. The average molecular weight is 336 g/mol. The molecule has 0 amide bonds. The lowest BCUT2D eigenvalue weighted by Gasteiger charge is -2.31. The van der Waals surface area contributed by atoms with E-state index >= 15 is 0 Å². The van der Waals surface area contributed by atoms with Crippen molar-refractivity contribution < 1.29 is 5.11 Å². The van der Waals surface area contributed by atoms with Gasteiger partial charge < -0.3 is 10.0 Å². The fraction of sp³-hybridized carbons (Fsp3) is 0.529. The molecule has 3 rings (SSSR count). The van der Waals surface area contributed by atoms with Gasteiger partial charge in [0.05, 0.1) is 16.8 Å². The lowest BCUT2D eigenvalue weighted by Crippen LogP contribution is -2.35. The Morgan fingerprint density at radius 2 is 2.17 bits per heavy atom. The van der Waals surface area contributed by atoms with E-state index in [4.69, 9.17) is 11.6 Å². The standard InChI is InChI=1S/C17H22ClN3O2/c1-20(9-12-4-2-3-5-15(12)22)11-14-8-17(23)21-10-13(18)6-7-16(21)19-14/h6-8,10,12,15,22H,2-5,9,11H2,1H3. The first-order chi connectivity index (χ1) is 11.0. The second-order valence-corrected chi connectivity index (χ2v) is 6.91. The highest BCUT2D eigenvalue weighted by atomic mass is 35.5. The van der Waals surface area contributed by atoms with Crippen molar-refractivity contribution >= 4 is 17.2 Å². The van der Waals surface area contributed by atoms with E-state index in [1.165, 1.54) is 10.8 Å². The molecule has 6 heteroatoms. The van der Waals surface area contributed by atoms with Crippen molar-refractivity contribution in [2.75, 3.05) is 13.6 Å². The van der Waals surface area contributed by atoms with Gasteiger partial charge in [0.25, 0.3) is 5.56 Å². The van der Waals surface area contributed by atoms with E-state index in [9.17, 15) is 9.90 Å². The summed E-state index contributed by atoms with van der Waals surface area (Å²) < 4.78 is 1.46. The number of fused-ring (bicyclic) bond motifs is 1. The smallest absolute Gasteiger partial charge is 0.258 e. The maximum atomic E-state index is 12.2. The van der Waals surface area contributed by atoms with E-state index in [2.05, 4.69) is 9.88 Å². The molecule has 1 aliphatic rings. The van der Waals surface area contributed by atoms with E-state index in [0.29, 0.717) is 23.1 Å². The Kier molecular flexibility index (Phi) is 4.99. The van der Waals surface area contributed by atoms with Crippen molar-refractivity contribution in [1.82, 2.24) is 14.3 Å². The molecule has 1 N–H and O–H groups in total. The second-order valence-electron chi connectivity index (χ2n) is 6.47. The van der Waals surface area contributed by atoms with Gasteiger partial charge >= 0.3 is 0 Å². The number of hydrogen-bond acceptors (Lipinski definition) is 4. The lowest BCUT2D eigenvalue weighted by molar-refractivity contribution is 0.0500. The van der Waals surface area contributed by atoms with Crippen LogP contribution >= 0.6 is 11.6 Å². The molecule has 2 heterocycles. The first-order valence-corrected chi connectivity index (χ1v) is 8.45. The molecule has 0 bridgehead atoms. The molecule has 0 radical (unpaired) electrons. The highest BCUT2D eigenvalue weighted by molar-refractivity contribution is 6.30. The van der Waals surface area contributed by atoms with Crippen LogP contribution in [-0.4, -0.2) is 39.1 Å². The molecule has 0 aliphatic heterocycles. The highest BCUT2D eigenvalue weighted by Gasteiger charge is 2.24. The molecule has 0 spiro atoms. The van der Waals surface area contributed by atoms with Crippen LogP contribution in [0.25, 0.3) is 5.65 Å². The Balaban J connectivity index is 1.73. The van der Waals surface area contributed by atoms with E-state index in [0.717, 1.165) is 31.5 Å². The first-order valence-electron chi connectivity index (χ1n) is 8.07. The summed E-state index contributed by atoms with van der Waals surface area (Å²) in [5.74, 6) is 0.314. The Morgan fingerprint density at radius 1 is 1.39 bits per heavy atom. The largest absolute Gasteiger partial charge is 0.393 e. The summed E-state index contributed by atoms with van der Waals surface area (Å²) in [6.45, 7) is 1.42. The molecule has 2 atom stereocenters. The molecule has 1 saturated carbocycles. The lowest BCUT2D eigenvalue weighted by atomic mass is 9.86. The van der Waals surface area contributed by atoms with Gasteiger partial charge in [0.15, 0.2) is 0 Å². The highest BCUT2D eigenvalue weighted by Crippen LogP contribution is 2.25. The average Bonchev–Trinajstić information content (AvgIpc) is 2.50. The normalized spacial score (nSPS) is 21.9. The number of pyridine rings is 1. The molecule has 1 fully saturated rings. The maximum absolute atomic E-state index is 12.2. The summed E-state index contributed by atoms with van der Waals surface area (Å²) in [6.07, 6.45) is 5.65. The molecule has 124 valence electrons. The number of rotatable bonds is 4. The Labute approximate surface area is 140 Å². The predicted molar refractivity (Wildman–Crippen MR) is 90.8 cm³/mol. The monoisotopic (exact) mass is 335 g/mol. The van der Waals surface area contributed by atoms with Crippen LogP contribution in [0.2, 0.25) is 5.02 Å². The van der Waals surface area contributed by atoms with Crippen LogP contribution in [0.15, 0.2) is 29.2 Å². The quantitative estimate of drug-likeness (QED) is 0.931. The maximum Gasteiger partial charge on any atom is 0.258 e. The van der Waals surface area contributed by atoms with E-state index in [-0.39, 0.29) is 11.7 Å². The number of aliphatic hydroxyl groups is 1. The molecule has 1 aliphatic carbocycles. The van der Waals surface area contributed by atoms with Gasteiger partial charge in [-0.15, -0.1) is 0 Å².